The summed E-state index contributed by atoms with van der Waals surface area (Å²) in [6.45, 7) is 6.23. The molecule has 0 radical (unpaired) electrons. The Kier molecular flexibility index (Phi) is 4.54. The van der Waals surface area contributed by atoms with Crippen LogP contribution in [-0.4, -0.2) is 37.0 Å². The van der Waals surface area contributed by atoms with Crippen LogP contribution in [0.5, 0.6) is 0 Å². The highest BCUT2D eigenvalue weighted by molar-refractivity contribution is 6.05. The Balaban J connectivity index is 1.79. The fraction of sp³-hybridized carbons (Fsp3) is 0.526. The Morgan fingerprint density at radius 2 is 2.04 bits per heavy atom. The van der Waals surface area contributed by atoms with Crippen molar-refractivity contribution in [1.29, 1.82) is 0 Å². The lowest BCUT2D eigenvalue weighted by Gasteiger charge is -2.23. The van der Waals surface area contributed by atoms with Crippen LogP contribution >= 0.6 is 0 Å². The summed E-state index contributed by atoms with van der Waals surface area (Å²) in [5, 5.41) is 2.67. The molecule has 0 aromatic heterocycles. The molecule has 0 spiro atoms. The molecule has 6 heteroatoms. The van der Waals surface area contributed by atoms with Crippen LogP contribution in [0.25, 0.3) is 0 Å². The molecular formula is C19H24N2O4. The number of ketones is 1. The fourth-order valence-corrected chi connectivity index (χ4v) is 3.76. The summed E-state index contributed by atoms with van der Waals surface area (Å²) >= 11 is 0. The third kappa shape index (κ3) is 3.01. The maximum absolute atomic E-state index is 12.7. The van der Waals surface area contributed by atoms with E-state index in [0.717, 1.165) is 36.1 Å². The van der Waals surface area contributed by atoms with E-state index in [1.807, 2.05) is 12.1 Å². The maximum Gasteiger partial charge on any atom is 0.414 e. The summed E-state index contributed by atoms with van der Waals surface area (Å²) < 4.78 is 5.31. The van der Waals surface area contributed by atoms with Crippen LogP contribution < -0.4 is 10.2 Å². The molecule has 1 atom stereocenters. The van der Waals surface area contributed by atoms with Crippen LogP contribution in [0.3, 0.4) is 0 Å². The number of Topliss-reactive ketones (excluding diaryl/α,β-unsaturated/α-hetero) is 1. The lowest BCUT2D eigenvalue weighted by Crippen LogP contribution is -2.33. The third-order valence-corrected chi connectivity index (χ3v) is 5.46. The molecule has 0 unspecified atom stereocenters. The van der Waals surface area contributed by atoms with Crippen molar-refractivity contribution in [2.24, 2.45) is 5.41 Å². The first kappa shape index (κ1) is 17.5. The van der Waals surface area contributed by atoms with Crippen LogP contribution in [0.4, 0.5) is 10.5 Å². The molecule has 1 fully saturated rings. The molecule has 2 aliphatic rings. The Morgan fingerprint density at radius 1 is 1.32 bits per heavy atom. The number of cyclic esters (lactones) is 1. The van der Waals surface area contributed by atoms with E-state index in [2.05, 4.69) is 19.2 Å². The fourth-order valence-electron chi connectivity index (χ4n) is 3.76. The number of fused-ring (bicyclic) bond motifs is 1. The number of carbonyl (C=O) groups excluding carboxylic acids is 3. The largest absolute Gasteiger partial charge is 0.442 e. The average molecular weight is 344 g/mol. The van der Waals surface area contributed by atoms with Crippen LogP contribution in [-0.2, 0) is 16.0 Å². The second kappa shape index (κ2) is 6.50. The van der Waals surface area contributed by atoms with Crippen molar-refractivity contribution in [2.75, 3.05) is 18.0 Å². The highest BCUT2D eigenvalue weighted by Gasteiger charge is 2.43. The van der Waals surface area contributed by atoms with Gasteiger partial charge >= 0.3 is 6.09 Å². The smallest absolute Gasteiger partial charge is 0.414 e. The Morgan fingerprint density at radius 3 is 2.68 bits per heavy atom. The lowest BCUT2D eigenvalue weighted by atomic mass is 9.79. The molecule has 1 aliphatic carbocycles. The molecule has 2 amide bonds. The standard InChI is InChI=1S/C19H24N2O4/c1-4-19(5-2)9-13-8-14(6-7-16(13)17(19)23)21-11-15(25-18(21)24)10-20-12(3)22/h6-8,15H,4-5,9-11H2,1-3H3,(H,20,22)/t15-/m0/s1. The minimum Gasteiger partial charge on any atom is -0.442 e. The van der Waals surface area contributed by atoms with Crippen molar-refractivity contribution < 1.29 is 19.1 Å². The number of benzene rings is 1. The number of hydrogen-bond donors (Lipinski definition) is 1. The van der Waals surface area contributed by atoms with E-state index in [4.69, 9.17) is 4.74 Å². The van der Waals surface area contributed by atoms with Gasteiger partial charge in [0, 0.05) is 23.6 Å². The molecule has 1 aromatic rings. The Labute approximate surface area is 147 Å². The molecule has 1 aliphatic heterocycles. The van der Waals surface area contributed by atoms with Gasteiger partial charge in [0.2, 0.25) is 5.91 Å². The topological polar surface area (TPSA) is 75.7 Å². The highest BCUT2D eigenvalue weighted by atomic mass is 16.6. The SMILES string of the molecule is CCC1(CC)Cc2cc(N3C[C@H](CNC(C)=O)OC3=O)ccc2C1=O. The average Bonchev–Trinajstić information content (AvgIpc) is 3.10. The van der Waals surface area contributed by atoms with Crippen molar-refractivity contribution in [3.8, 4) is 0 Å². The van der Waals surface area contributed by atoms with Gasteiger partial charge in [0.1, 0.15) is 6.10 Å². The monoisotopic (exact) mass is 344 g/mol. The molecule has 1 saturated heterocycles. The first-order valence-corrected chi connectivity index (χ1v) is 8.80. The number of hydrogen-bond acceptors (Lipinski definition) is 4. The van der Waals surface area contributed by atoms with Crippen molar-refractivity contribution >= 4 is 23.5 Å². The first-order valence-electron chi connectivity index (χ1n) is 8.80. The van der Waals surface area contributed by atoms with Gasteiger partial charge in [0.15, 0.2) is 5.78 Å². The summed E-state index contributed by atoms with van der Waals surface area (Å²) in [4.78, 5) is 37.5. The zero-order valence-corrected chi connectivity index (χ0v) is 14.9. The predicted octanol–water partition coefficient (Wildman–Crippen LogP) is 2.69. The van der Waals surface area contributed by atoms with Crippen LogP contribution in [0.2, 0.25) is 0 Å². The Bertz CT molecular complexity index is 724. The zero-order chi connectivity index (χ0) is 18.2. The zero-order valence-electron chi connectivity index (χ0n) is 14.9. The van der Waals surface area contributed by atoms with Crippen LogP contribution in [0, 0.1) is 5.41 Å². The summed E-state index contributed by atoms with van der Waals surface area (Å²) in [7, 11) is 0. The molecule has 6 nitrogen and oxygen atoms in total. The minimum atomic E-state index is -0.420. The van der Waals surface area contributed by atoms with Crippen LogP contribution in [0.15, 0.2) is 18.2 Å². The van der Waals surface area contributed by atoms with Gasteiger partial charge in [-0.15, -0.1) is 0 Å². The number of nitrogens with one attached hydrogen (secondary N) is 1. The molecule has 1 aromatic carbocycles. The van der Waals surface area contributed by atoms with Crippen LogP contribution in [0.1, 0.15) is 49.5 Å². The minimum absolute atomic E-state index is 0.152. The maximum atomic E-state index is 12.7. The molecule has 0 bridgehead atoms. The van der Waals surface area contributed by atoms with E-state index < -0.39 is 6.09 Å². The second-order valence-corrected chi connectivity index (χ2v) is 6.89. The first-order chi connectivity index (χ1) is 11.9. The van der Waals surface area contributed by atoms with Gasteiger partial charge in [-0.1, -0.05) is 13.8 Å². The van der Waals surface area contributed by atoms with Crippen molar-refractivity contribution in [2.45, 2.75) is 46.1 Å². The van der Waals surface area contributed by atoms with Gasteiger partial charge < -0.3 is 10.1 Å². The van der Waals surface area contributed by atoms with Crippen molar-refractivity contribution in [3.05, 3.63) is 29.3 Å². The molecule has 25 heavy (non-hydrogen) atoms. The van der Waals surface area contributed by atoms with Gasteiger partial charge in [0.05, 0.1) is 13.1 Å². The summed E-state index contributed by atoms with van der Waals surface area (Å²) in [6, 6.07) is 5.57. The molecule has 134 valence electrons. The normalized spacial score (nSPS) is 21.2. The molecule has 1 N–H and O–H groups in total. The second-order valence-electron chi connectivity index (χ2n) is 6.89. The van der Waals surface area contributed by atoms with Crippen molar-refractivity contribution in [1.82, 2.24) is 5.32 Å². The summed E-state index contributed by atoms with van der Waals surface area (Å²) in [5.41, 5.74) is 2.21. The van der Waals surface area contributed by atoms with Gasteiger partial charge in [-0.05, 0) is 43.0 Å². The van der Waals surface area contributed by atoms with E-state index in [0.29, 0.717) is 13.1 Å². The highest BCUT2D eigenvalue weighted by Crippen LogP contribution is 2.43. The van der Waals surface area contributed by atoms with E-state index in [1.54, 1.807) is 11.0 Å². The van der Waals surface area contributed by atoms with Gasteiger partial charge in [-0.3, -0.25) is 14.5 Å². The quantitative estimate of drug-likeness (QED) is 0.891. The lowest BCUT2D eigenvalue weighted by molar-refractivity contribution is -0.119. The van der Waals surface area contributed by atoms with Crippen molar-refractivity contribution in [3.63, 3.8) is 0 Å². The number of carbonyl (C=O) groups is 3. The molecule has 1 heterocycles. The Hall–Kier alpha value is -2.37. The molecule has 0 saturated carbocycles. The predicted molar refractivity (Wildman–Crippen MR) is 93.8 cm³/mol. The number of nitrogens with zero attached hydrogens (tertiary/aromatic N) is 1. The number of amides is 2. The molecular weight excluding hydrogens is 320 g/mol. The van der Waals surface area contributed by atoms with E-state index in [9.17, 15) is 14.4 Å². The van der Waals surface area contributed by atoms with E-state index in [1.165, 1.54) is 6.92 Å². The van der Waals surface area contributed by atoms with Gasteiger partial charge in [-0.2, -0.15) is 0 Å². The van der Waals surface area contributed by atoms with E-state index in [-0.39, 0.29) is 23.2 Å². The van der Waals surface area contributed by atoms with E-state index >= 15 is 0 Å². The van der Waals surface area contributed by atoms with Gasteiger partial charge in [-0.25, -0.2) is 4.79 Å². The number of ether oxygens (including phenoxy) is 1. The third-order valence-electron chi connectivity index (χ3n) is 5.46. The molecule has 3 rings (SSSR count). The summed E-state index contributed by atoms with van der Waals surface area (Å²) in [6.07, 6.45) is 1.57. The van der Waals surface area contributed by atoms with Gasteiger partial charge in [0.25, 0.3) is 0 Å². The number of anilines is 1. The summed E-state index contributed by atoms with van der Waals surface area (Å²) in [5.74, 6) is 0.0626. The number of rotatable bonds is 5.